The molecule has 2 atom stereocenters. The Balaban J connectivity index is 2.27. The third-order valence-electron chi connectivity index (χ3n) is 4.96. The van der Waals surface area contributed by atoms with Crippen LogP contribution in [0.3, 0.4) is 0 Å². The lowest BCUT2D eigenvalue weighted by Crippen LogP contribution is -2.65. The molecule has 0 aliphatic heterocycles. The Bertz CT molecular complexity index is 552. The minimum absolute atomic E-state index is 0.0503. The topological polar surface area (TPSA) is 82.2 Å². The number of hydrogen-bond acceptors (Lipinski definition) is 5. The molecule has 1 N–H and O–H groups in total. The van der Waals surface area contributed by atoms with Crippen LogP contribution in [0.4, 0.5) is 11.5 Å². The number of hydrogen-bond donors (Lipinski definition) is 1. The minimum Gasteiger partial charge on any atom is -0.378 e. The fraction of sp³-hybridized carbons (Fsp3) is 0.769. The molecule has 1 aliphatic rings. The highest BCUT2D eigenvalue weighted by Crippen LogP contribution is 2.53. The Kier molecular flexibility index (Phi) is 3.28. The molecule has 0 radical (unpaired) electrons. The Morgan fingerprint density at radius 1 is 1.50 bits per heavy atom. The number of anilines is 1. The predicted octanol–water partition coefficient (Wildman–Crippen LogP) is 2.25. The fourth-order valence-electron chi connectivity index (χ4n) is 2.92. The molecule has 1 aromatic rings. The molecule has 1 heterocycles. The second kappa shape index (κ2) is 4.44. The van der Waals surface area contributed by atoms with E-state index >= 15 is 0 Å². The molecule has 0 spiro atoms. The van der Waals surface area contributed by atoms with Gasteiger partial charge in [0.2, 0.25) is 5.82 Å². The van der Waals surface area contributed by atoms with E-state index in [1.165, 1.54) is 4.68 Å². The first-order chi connectivity index (χ1) is 9.14. The molecule has 0 saturated heterocycles. The standard InChI is InChI=1S/C13H22N4O3/c1-8-10(17(18)19)11(16(5)15-8)14-9-7-13(4,20-6)12(9,2)3/h9,14H,7H2,1-6H3/t9-,13-/m0/s1. The van der Waals surface area contributed by atoms with Crippen LogP contribution in [0.2, 0.25) is 0 Å². The zero-order valence-electron chi connectivity index (χ0n) is 12.9. The van der Waals surface area contributed by atoms with Gasteiger partial charge in [-0.2, -0.15) is 5.10 Å². The highest BCUT2D eigenvalue weighted by atomic mass is 16.6. The maximum absolute atomic E-state index is 11.2. The van der Waals surface area contributed by atoms with Gasteiger partial charge in [0.1, 0.15) is 5.69 Å². The molecular formula is C13H22N4O3. The fourth-order valence-corrected chi connectivity index (χ4v) is 2.92. The summed E-state index contributed by atoms with van der Waals surface area (Å²) >= 11 is 0. The number of ether oxygens (including phenoxy) is 1. The molecule has 1 aromatic heterocycles. The SMILES string of the molecule is CO[C@@]1(C)C[C@H](Nc2c([N+](=O)[O-])c(C)nn2C)C1(C)C. The maximum Gasteiger partial charge on any atom is 0.333 e. The van der Waals surface area contributed by atoms with Crippen LogP contribution in [0.1, 0.15) is 32.9 Å². The van der Waals surface area contributed by atoms with Gasteiger partial charge in [0.05, 0.1) is 10.5 Å². The van der Waals surface area contributed by atoms with Gasteiger partial charge in [-0.1, -0.05) is 13.8 Å². The van der Waals surface area contributed by atoms with E-state index in [2.05, 4.69) is 31.2 Å². The summed E-state index contributed by atoms with van der Waals surface area (Å²) in [6.45, 7) is 7.92. The summed E-state index contributed by atoms with van der Waals surface area (Å²) in [6.07, 6.45) is 0.803. The van der Waals surface area contributed by atoms with Crippen molar-refractivity contribution in [3.8, 4) is 0 Å². The largest absolute Gasteiger partial charge is 0.378 e. The van der Waals surface area contributed by atoms with Gasteiger partial charge >= 0.3 is 5.69 Å². The molecule has 112 valence electrons. The lowest BCUT2D eigenvalue weighted by atomic mass is 9.56. The highest BCUT2D eigenvalue weighted by molar-refractivity contribution is 5.60. The molecule has 1 saturated carbocycles. The number of rotatable bonds is 4. The van der Waals surface area contributed by atoms with E-state index in [0.717, 1.165) is 6.42 Å². The van der Waals surface area contributed by atoms with Crippen LogP contribution in [0.15, 0.2) is 0 Å². The normalized spacial score (nSPS) is 28.0. The van der Waals surface area contributed by atoms with Gasteiger partial charge < -0.3 is 10.1 Å². The monoisotopic (exact) mass is 282 g/mol. The van der Waals surface area contributed by atoms with Gasteiger partial charge in [-0.15, -0.1) is 0 Å². The quantitative estimate of drug-likeness (QED) is 0.676. The van der Waals surface area contributed by atoms with Crippen molar-refractivity contribution in [2.45, 2.75) is 45.8 Å². The summed E-state index contributed by atoms with van der Waals surface area (Å²) in [6, 6.07) is 0.112. The molecule has 7 heteroatoms. The predicted molar refractivity (Wildman–Crippen MR) is 75.8 cm³/mol. The number of nitrogens with zero attached hydrogens (tertiary/aromatic N) is 3. The van der Waals surface area contributed by atoms with Crippen molar-refractivity contribution in [3.63, 3.8) is 0 Å². The molecule has 7 nitrogen and oxygen atoms in total. The van der Waals surface area contributed by atoms with Crippen molar-refractivity contribution in [2.75, 3.05) is 12.4 Å². The van der Waals surface area contributed by atoms with Gasteiger partial charge in [0.25, 0.3) is 0 Å². The first kappa shape index (κ1) is 14.8. The zero-order chi connectivity index (χ0) is 15.3. The van der Waals surface area contributed by atoms with Crippen molar-refractivity contribution in [1.29, 1.82) is 0 Å². The highest BCUT2D eigenvalue weighted by Gasteiger charge is 2.58. The van der Waals surface area contributed by atoms with E-state index in [1.807, 2.05) is 0 Å². The smallest absolute Gasteiger partial charge is 0.333 e. The average Bonchev–Trinajstić information content (AvgIpc) is 2.63. The Hall–Kier alpha value is -1.63. The third kappa shape index (κ3) is 1.88. The third-order valence-corrected chi connectivity index (χ3v) is 4.96. The van der Waals surface area contributed by atoms with E-state index in [4.69, 9.17) is 4.74 Å². The number of aryl methyl sites for hydroxylation is 2. The molecular weight excluding hydrogens is 260 g/mol. The molecule has 0 amide bonds. The summed E-state index contributed by atoms with van der Waals surface area (Å²) in [4.78, 5) is 10.8. The Labute approximate surface area is 118 Å². The number of nitro groups is 1. The van der Waals surface area contributed by atoms with E-state index in [1.54, 1.807) is 21.1 Å². The van der Waals surface area contributed by atoms with Crippen molar-refractivity contribution < 1.29 is 9.66 Å². The molecule has 1 aliphatic carbocycles. The lowest BCUT2D eigenvalue weighted by Gasteiger charge is -2.59. The van der Waals surface area contributed by atoms with E-state index in [9.17, 15) is 10.1 Å². The minimum atomic E-state index is -0.383. The van der Waals surface area contributed by atoms with E-state index in [0.29, 0.717) is 11.5 Å². The second-order valence-corrected chi connectivity index (χ2v) is 6.22. The van der Waals surface area contributed by atoms with E-state index < -0.39 is 0 Å². The van der Waals surface area contributed by atoms with Crippen LogP contribution >= 0.6 is 0 Å². The number of aromatic nitrogens is 2. The summed E-state index contributed by atoms with van der Waals surface area (Å²) in [5, 5.41) is 18.6. The van der Waals surface area contributed by atoms with Gasteiger partial charge in [-0.3, -0.25) is 10.1 Å². The van der Waals surface area contributed by atoms with E-state index in [-0.39, 0.29) is 27.7 Å². The summed E-state index contributed by atoms with van der Waals surface area (Å²) < 4.78 is 7.11. The van der Waals surface area contributed by atoms with Crippen molar-refractivity contribution >= 4 is 11.5 Å². The maximum atomic E-state index is 11.2. The molecule has 0 unspecified atom stereocenters. The average molecular weight is 282 g/mol. The van der Waals surface area contributed by atoms with Gasteiger partial charge in [-0.25, -0.2) is 4.68 Å². The summed E-state index contributed by atoms with van der Waals surface area (Å²) in [7, 11) is 3.41. The number of nitrogens with one attached hydrogen (secondary N) is 1. The first-order valence-electron chi connectivity index (χ1n) is 6.63. The van der Waals surface area contributed by atoms with Crippen LogP contribution in [0.25, 0.3) is 0 Å². The van der Waals surface area contributed by atoms with Gasteiger partial charge in [-0.05, 0) is 20.3 Å². The van der Waals surface area contributed by atoms with Crippen LogP contribution in [-0.4, -0.2) is 33.5 Å². The summed E-state index contributed by atoms with van der Waals surface area (Å²) in [5.74, 6) is 0.462. The van der Waals surface area contributed by atoms with Gasteiger partial charge in [0, 0.05) is 25.6 Å². The summed E-state index contributed by atoms with van der Waals surface area (Å²) in [5.41, 5.74) is 0.141. The molecule has 0 aromatic carbocycles. The van der Waals surface area contributed by atoms with Crippen LogP contribution < -0.4 is 5.32 Å². The molecule has 2 rings (SSSR count). The lowest BCUT2D eigenvalue weighted by molar-refractivity contribution is -0.384. The Morgan fingerprint density at radius 2 is 2.10 bits per heavy atom. The second-order valence-electron chi connectivity index (χ2n) is 6.22. The van der Waals surface area contributed by atoms with Gasteiger partial charge in [0.15, 0.2) is 0 Å². The van der Waals surface area contributed by atoms with Crippen LogP contribution in [0, 0.1) is 22.5 Å². The van der Waals surface area contributed by atoms with Crippen LogP contribution in [-0.2, 0) is 11.8 Å². The molecule has 0 bridgehead atoms. The van der Waals surface area contributed by atoms with Crippen molar-refractivity contribution in [2.24, 2.45) is 12.5 Å². The zero-order valence-corrected chi connectivity index (χ0v) is 12.9. The van der Waals surface area contributed by atoms with Crippen LogP contribution in [0.5, 0.6) is 0 Å². The molecule has 20 heavy (non-hydrogen) atoms. The van der Waals surface area contributed by atoms with Crippen molar-refractivity contribution in [3.05, 3.63) is 15.8 Å². The first-order valence-corrected chi connectivity index (χ1v) is 6.63. The Morgan fingerprint density at radius 3 is 2.55 bits per heavy atom. The number of methoxy groups -OCH3 is 1. The molecule has 1 fully saturated rings. The van der Waals surface area contributed by atoms with Crippen molar-refractivity contribution in [1.82, 2.24) is 9.78 Å².